The summed E-state index contributed by atoms with van der Waals surface area (Å²) >= 11 is 0. The van der Waals surface area contributed by atoms with E-state index in [1.54, 1.807) is 0 Å². The lowest BCUT2D eigenvalue weighted by Crippen LogP contribution is -2.42. The van der Waals surface area contributed by atoms with Crippen LogP contribution >= 0.6 is 0 Å². The summed E-state index contributed by atoms with van der Waals surface area (Å²) in [7, 11) is -0.376. The maximum atomic E-state index is 12.5. The smallest absolute Gasteiger partial charge is 0.331 e. The molecule has 0 radical (unpaired) electrons. The number of sulfone groups is 1. The maximum absolute atomic E-state index is 12.5. The van der Waals surface area contributed by atoms with E-state index in [0.717, 1.165) is 15.2 Å². The van der Waals surface area contributed by atoms with E-state index in [0.29, 0.717) is 13.0 Å². The summed E-state index contributed by atoms with van der Waals surface area (Å²) in [6.07, 6.45) is 0.562. The Morgan fingerprint density at radius 3 is 2.40 bits per heavy atom. The SMILES string of the molecule is Cn1c(C(=O)N2C[C@@H]3CCS(=O)(=O)[C@@H]3C2)cc(=O)n(C)c1=O.O=CO. The normalized spacial score (nSPS) is 23.5. The van der Waals surface area contributed by atoms with Crippen LogP contribution in [-0.4, -0.2) is 64.0 Å². The Hall–Kier alpha value is -2.43. The highest BCUT2D eigenvalue weighted by Crippen LogP contribution is 2.33. The average Bonchev–Trinajstić information content (AvgIpc) is 3.10. The van der Waals surface area contributed by atoms with Gasteiger partial charge in [0.1, 0.15) is 5.69 Å². The van der Waals surface area contributed by atoms with Crippen LogP contribution in [0.3, 0.4) is 0 Å². The van der Waals surface area contributed by atoms with E-state index < -0.39 is 32.2 Å². The molecule has 0 spiro atoms. The second-order valence-electron chi connectivity index (χ2n) is 6.04. The highest BCUT2D eigenvalue weighted by Gasteiger charge is 2.47. The van der Waals surface area contributed by atoms with E-state index in [1.165, 1.54) is 19.0 Å². The van der Waals surface area contributed by atoms with Crippen LogP contribution in [0.1, 0.15) is 16.9 Å². The molecule has 10 nitrogen and oxygen atoms in total. The molecule has 0 unspecified atom stereocenters. The lowest BCUT2D eigenvalue weighted by atomic mass is 10.1. The summed E-state index contributed by atoms with van der Waals surface area (Å²) in [6.45, 7) is 0.237. The Bertz CT molecular complexity index is 915. The van der Waals surface area contributed by atoms with Crippen molar-refractivity contribution in [2.45, 2.75) is 11.7 Å². The third kappa shape index (κ3) is 3.36. The fraction of sp³-hybridized carbons (Fsp3) is 0.571. The lowest BCUT2D eigenvalue weighted by Gasteiger charge is -2.18. The van der Waals surface area contributed by atoms with Gasteiger partial charge in [-0.05, 0) is 12.3 Å². The van der Waals surface area contributed by atoms with Crippen LogP contribution in [0.2, 0.25) is 0 Å². The van der Waals surface area contributed by atoms with Crippen molar-refractivity contribution in [1.29, 1.82) is 0 Å². The molecule has 0 saturated carbocycles. The predicted molar refractivity (Wildman–Crippen MR) is 87.2 cm³/mol. The van der Waals surface area contributed by atoms with Gasteiger partial charge in [-0.25, -0.2) is 13.2 Å². The number of aromatic nitrogens is 2. The number of fused-ring (bicyclic) bond motifs is 1. The van der Waals surface area contributed by atoms with Crippen LogP contribution in [0.5, 0.6) is 0 Å². The number of hydrogen-bond donors (Lipinski definition) is 1. The molecule has 1 aromatic rings. The molecular formula is C14H19N3O7S. The molecule has 0 aliphatic carbocycles. The highest BCUT2D eigenvalue weighted by atomic mass is 32.2. The minimum atomic E-state index is -3.13. The average molecular weight is 373 g/mol. The van der Waals surface area contributed by atoms with Gasteiger partial charge in [0.2, 0.25) is 0 Å². The molecule has 2 saturated heterocycles. The number of rotatable bonds is 1. The Labute approximate surface area is 143 Å². The third-order valence-corrected chi connectivity index (χ3v) is 6.91. The van der Waals surface area contributed by atoms with Crippen molar-refractivity contribution in [3.05, 3.63) is 32.6 Å². The summed E-state index contributed by atoms with van der Waals surface area (Å²) in [5, 5.41) is 6.38. The number of amides is 1. The highest BCUT2D eigenvalue weighted by molar-refractivity contribution is 7.92. The Balaban J connectivity index is 0.000000701. The summed E-state index contributed by atoms with van der Waals surface area (Å²) in [4.78, 5) is 45.9. The van der Waals surface area contributed by atoms with Crippen molar-refractivity contribution in [3.8, 4) is 0 Å². The molecule has 3 rings (SSSR count). The van der Waals surface area contributed by atoms with Gasteiger partial charge in [0.15, 0.2) is 9.84 Å². The van der Waals surface area contributed by atoms with Gasteiger partial charge >= 0.3 is 5.69 Å². The fourth-order valence-electron chi connectivity index (χ4n) is 3.26. The second-order valence-corrected chi connectivity index (χ2v) is 8.38. The van der Waals surface area contributed by atoms with Gasteiger partial charge in [0.25, 0.3) is 17.9 Å². The minimum absolute atomic E-state index is 0.00882. The standard InChI is InChI=1S/C13H17N3O5S.CH2O2/c1-14-9(5-11(17)15(2)13(14)19)12(18)16-6-8-3-4-22(20,21)10(8)7-16;2-1-3/h5,8,10H,3-4,6-7H2,1-2H3;1H,(H,2,3)/t8-,10+;/m0./s1. The number of carbonyl (C=O) groups is 2. The molecule has 138 valence electrons. The molecule has 25 heavy (non-hydrogen) atoms. The summed E-state index contributed by atoms with van der Waals surface area (Å²) in [6, 6.07) is 1.12. The number of carboxylic acid groups (broad SMARTS) is 1. The second kappa shape index (κ2) is 6.82. The van der Waals surface area contributed by atoms with Gasteiger partial charge in [0.05, 0.1) is 11.0 Å². The number of nitrogens with zero attached hydrogens (tertiary/aromatic N) is 3. The van der Waals surface area contributed by atoms with Gasteiger partial charge in [-0.1, -0.05) is 0 Å². The van der Waals surface area contributed by atoms with Crippen LogP contribution in [0.25, 0.3) is 0 Å². The number of likely N-dealkylation sites (tertiary alicyclic amines) is 1. The number of hydrogen-bond acceptors (Lipinski definition) is 6. The molecule has 1 aromatic heterocycles. The number of carbonyl (C=O) groups excluding carboxylic acids is 1. The van der Waals surface area contributed by atoms with Crippen molar-refractivity contribution < 1.29 is 23.1 Å². The lowest BCUT2D eigenvalue weighted by molar-refractivity contribution is -0.122. The van der Waals surface area contributed by atoms with E-state index in [4.69, 9.17) is 9.90 Å². The van der Waals surface area contributed by atoms with E-state index >= 15 is 0 Å². The zero-order valence-corrected chi connectivity index (χ0v) is 14.6. The molecule has 1 N–H and O–H groups in total. The maximum Gasteiger partial charge on any atom is 0.331 e. The van der Waals surface area contributed by atoms with Gasteiger partial charge < -0.3 is 10.0 Å². The predicted octanol–water partition coefficient (Wildman–Crippen LogP) is -1.96. The van der Waals surface area contributed by atoms with Crippen molar-refractivity contribution in [2.75, 3.05) is 18.8 Å². The first-order valence-corrected chi connectivity index (χ1v) is 9.21. The largest absolute Gasteiger partial charge is 0.483 e. The summed E-state index contributed by atoms with van der Waals surface area (Å²) in [5.41, 5.74) is -1.15. The third-order valence-electron chi connectivity index (χ3n) is 4.65. The van der Waals surface area contributed by atoms with Crippen LogP contribution in [0.4, 0.5) is 0 Å². The van der Waals surface area contributed by atoms with Gasteiger partial charge in [-0.15, -0.1) is 0 Å². The van der Waals surface area contributed by atoms with Crippen LogP contribution in [0, 0.1) is 5.92 Å². The molecule has 0 aromatic carbocycles. The molecule has 2 atom stereocenters. The first-order chi connectivity index (χ1) is 11.6. The first-order valence-electron chi connectivity index (χ1n) is 7.49. The molecule has 3 heterocycles. The topological polar surface area (TPSA) is 136 Å². The molecule has 11 heteroatoms. The van der Waals surface area contributed by atoms with E-state index in [-0.39, 0.29) is 30.4 Å². The molecule has 2 fully saturated rings. The van der Waals surface area contributed by atoms with E-state index in [9.17, 15) is 22.8 Å². The van der Waals surface area contributed by atoms with Crippen LogP contribution < -0.4 is 11.2 Å². The Kier molecular flexibility index (Phi) is 5.16. The molecule has 2 aliphatic heterocycles. The zero-order chi connectivity index (χ0) is 18.9. The molecular weight excluding hydrogens is 354 g/mol. The van der Waals surface area contributed by atoms with Crippen LogP contribution in [-0.2, 0) is 28.7 Å². The monoisotopic (exact) mass is 373 g/mol. The van der Waals surface area contributed by atoms with Gasteiger partial charge in [-0.2, -0.15) is 0 Å². The van der Waals surface area contributed by atoms with Crippen molar-refractivity contribution in [3.63, 3.8) is 0 Å². The van der Waals surface area contributed by atoms with E-state index in [2.05, 4.69) is 0 Å². The molecule has 1 amide bonds. The quantitative estimate of drug-likeness (QED) is 0.565. The van der Waals surface area contributed by atoms with Crippen molar-refractivity contribution >= 4 is 22.2 Å². The van der Waals surface area contributed by atoms with Crippen molar-refractivity contribution in [2.24, 2.45) is 20.0 Å². The Morgan fingerprint density at radius 2 is 1.84 bits per heavy atom. The molecule has 2 aliphatic rings. The zero-order valence-electron chi connectivity index (χ0n) is 13.8. The summed E-state index contributed by atoms with van der Waals surface area (Å²) in [5.74, 6) is -0.339. The minimum Gasteiger partial charge on any atom is -0.483 e. The van der Waals surface area contributed by atoms with Crippen LogP contribution in [0.15, 0.2) is 15.7 Å². The summed E-state index contributed by atoms with van der Waals surface area (Å²) < 4.78 is 25.9. The van der Waals surface area contributed by atoms with E-state index in [1.807, 2.05) is 0 Å². The van der Waals surface area contributed by atoms with Gasteiger partial charge in [0, 0.05) is 33.3 Å². The molecule has 0 bridgehead atoms. The first kappa shape index (κ1) is 18.9. The van der Waals surface area contributed by atoms with Gasteiger partial charge in [-0.3, -0.25) is 23.5 Å². The van der Waals surface area contributed by atoms with Crippen molar-refractivity contribution in [1.82, 2.24) is 14.0 Å². The fourth-order valence-corrected chi connectivity index (χ4v) is 5.41. The Morgan fingerprint density at radius 1 is 1.24 bits per heavy atom.